The molecule has 1 heterocycles. The second kappa shape index (κ2) is 4.75. The van der Waals surface area contributed by atoms with Gasteiger partial charge in [0.15, 0.2) is 0 Å². The molecule has 1 aliphatic carbocycles. The molecule has 1 fully saturated rings. The van der Waals surface area contributed by atoms with Crippen molar-refractivity contribution in [3.63, 3.8) is 0 Å². The lowest BCUT2D eigenvalue weighted by molar-refractivity contribution is 0.434. The number of nitrogens with zero attached hydrogens (tertiary/aromatic N) is 1. The fourth-order valence-electron chi connectivity index (χ4n) is 2.59. The Balaban J connectivity index is 2.19. The van der Waals surface area contributed by atoms with E-state index in [1.54, 1.807) is 0 Å². The van der Waals surface area contributed by atoms with Gasteiger partial charge in [0.25, 0.3) is 0 Å². The Bertz CT molecular complexity index is 316. The molecule has 0 aliphatic heterocycles. The van der Waals surface area contributed by atoms with Crippen LogP contribution in [0, 0.1) is 5.92 Å². The van der Waals surface area contributed by atoms with Crippen LogP contribution in [0.25, 0.3) is 0 Å². The first-order chi connectivity index (χ1) is 7.33. The molecule has 1 aromatic rings. The van der Waals surface area contributed by atoms with E-state index in [4.69, 9.17) is 5.73 Å². The Hall–Kier alpha value is -0.890. The van der Waals surface area contributed by atoms with Gasteiger partial charge in [-0.15, -0.1) is 0 Å². The molecule has 1 unspecified atom stereocenters. The summed E-state index contributed by atoms with van der Waals surface area (Å²) >= 11 is 0. The minimum absolute atomic E-state index is 0.156. The van der Waals surface area contributed by atoms with Crippen LogP contribution in [0.3, 0.4) is 0 Å². The number of aryl methyl sites for hydroxylation is 1. The summed E-state index contributed by atoms with van der Waals surface area (Å²) in [5, 5.41) is 0. The van der Waals surface area contributed by atoms with Gasteiger partial charge in [-0.3, -0.25) is 4.98 Å². The van der Waals surface area contributed by atoms with Crippen LogP contribution in [-0.4, -0.2) is 4.98 Å². The molecule has 0 radical (unpaired) electrons. The molecule has 0 saturated heterocycles. The maximum atomic E-state index is 6.31. The van der Waals surface area contributed by atoms with Gasteiger partial charge in [-0.1, -0.05) is 25.8 Å². The van der Waals surface area contributed by atoms with Gasteiger partial charge in [-0.2, -0.15) is 0 Å². The highest BCUT2D eigenvalue weighted by molar-refractivity contribution is 5.23. The van der Waals surface area contributed by atoms with Crippen molar-refractivity contribution in [3.05, 3.63) is 29.6 Å². The quantitative estimate of drug-likeness (QED) is 0.822. The molecular formula is C13H20N2. The lowest BCUT2D eigenvalue weighted by Gasteiger charge is -2.20. The van der Waals surface area contributed by atoms with Crippen molar-refractivity contribution < 1.29 is 0 Å². The molecule has 0 amide bonds. The van der Waals surface area contributed by atoms with Crippen LogP contribution in [0.5, 0.6) is 0 Å². The van der Waals surface area contributed by atoms with Crippen LogP contribution in [0.2, 0.25) is 0 Å². The zero-order valence-corrected chi connectivity index (χ0v) is 9.45. The number of hydrogen-bond donors (Lipinski definition) is 1. The van der Waals surface area contributed by atoms with Crippen molar-refractivity contribution >= 4 is 0 Å². The summed E-state index contributed by atoms with van der Waals surface area (Å²) in [7, 11) is 0. The molecule has 1 atom stereocenters. The largest absolute Gasteiger partial charge is 0.322 e. The smallest absolute Gasteiger partial charge is 0.0605 e. The maximum Gasteiger partial charge on any atom is 0.0605 e. The van der Waals surface area contributed by atoms with Crippen LogP contribution in [0.15, 0.2) is 18.3 Å². The van der Waals surface area contributed by atoms with Crippen LogP contribution >= 0.6 is 0 Å². The van der Waals surface area contributed by atoms with E-state index in [1.807, 2.05) is 12.3 Å². The van der Waals surface area contributed by atoms with Crippen molar-refractivity contribution in [2.75, 3.05) is 0 Å². The van der Waals surface area contributed by atoms with Crippen LogP contribution in [0.1, 0.15) is 49.9 Å². The van der Waals surface area contributed by atoms with E-state index >= 15 is 0 Å². The third kappa shape index (κ3) is 2.20. The summed E-state index contributed by atoms with van der Waals surface area (Å²) in [5.74, 6) is 0.658. The SMILES string of the molecule is CCc1cccnc1C(N)C1CCCC1. The number of rotatable bonds is 3. The highest BCUT2D eigenvalue weighted by atomic mass is 14.8. The molecule has 2 N–H and O–H groups in total. The average molecular weight is 204 g/mol. The topological polar surface area (TPSA) is 38.9 Å². The third-order valence-electron chi connectivity index (χ3n) is 3.53. The summed E-state index contributed by atoms with van der Waals surface area (Å²) < 4.78 is 0. The van der Waals surface area contributed by atoms with Gasteiger partial charge in [0, 0.05) is 6.20 Å². The zero-order chi connectivity index (χ0) is 10.7. The van der Waals surface area contributed by atoms with Gasteiger partial charge >= 0.3 is 0 Å². The molecule has 2 heteroatoms. The van der Waals surface area contributed by atoms with Gasteiger partial charge in [0.2, 0.25) is 0 Å². The first kappa shape index (κ1) is 10.6. The highest BCUT2D eigenvalue weighted by Crippen LogP contribution is 2.34. The summed E-state index contributed by atoms with van der Waals surface area (Å²) in [5.41, 5.74) is 8.76. The Morgan fingerprint density at radius 1 is 1.47 bits per heavy atom. The molecule has 0 bridgehead atoms. The molecule has 1 aliphatic rings. The predicted molar refractivity (Wildman–Crippen MR) is 62.5 cm³/mol. The van der Waals surface area contributed by atoms with Gasteiger partial charge < -0.3 is 5.73 Å². The van der Waals surface area contributed by atoms with E-state index < -0.39 is 0 Å². The number of nitrogens with two attached hydrogens (primary N) is 1. The third-order valence-corrected chi connectivity index (χ3v) is 3.53. The zero-order valence-electron chi connectivity index (χ0n) is 9.45. The molecule has 82 valence electrons. The van der Waals surface area contributed by atoms with Crippen molar-refractivity contribution in [1.82, 2.24) is 4.98 Å². The van der Waals surface area contributed by atoms with Gasteiger partial charge in [0.1, 0.15) is 0 Å². The minimum atomic E-state index is 0.156. The molecule has 2 nitrogen and oxygen atoms in total. The van der Waals surface area contributed by atoms with Gasteiger partial charge in [-0.25, -0.2) is 0 Å². The molecule has 15 heavy (non-hydrogen) atoms. The summed E-state index contributed by atoms with van der Waals surface area (Å²) in [4.78, 5) is 4.47. The van der Waals surface area contributed by atoms with E-state index in [0.29, 0.717) is 5.92 Å². The maximum absolute atomic E-state index is 6.31. The predicted octanol–water partition coefficient (Wildman–Crippen LogP) is 2.83. The summed E-state index contributed by atoms with van der Waals surface area (Å²) in [6.45, 7) is 2.17. The minimum Gasteiger partial charge on any atom is -0.322 e. The molecule has 1 saturated carbocycles. The number of pyridine rings is 1. The molecule has 0 aromatic carbocycles. The van der Waals surface area contributed by atoms with Crippen molar-refractivity contribution in [2.45, 2.75) is 45.1 Å². The lowest BCUT2D eigenvalue weighted by Crippen LogP contribution is -2.21. The fourth-order valence-corrected chi connectivity index (χ4v) is 2.59. The number of aromatic nitrogens is 1. The van der Waals surface area contributed by atoms with E-state index in [9.17, 15) is 0 Å². The standard InChI is InChI=1S/C13H20N2/c1-2-10-8-5-9-15-13(10)12(14)11-6-3-4-7-11/h5,8-9,11-12H,2-4,6-7,14H2,1H3. The first-order valence-electron chi connectivity index (χ1n) is 6.02. The molecular weight excluding hydrogens is 184 g/mol. The molecule has 0 spiro atoms. The van der Waals surface area contributed by atoms with Crippen molar-refractivity contribution in [1.29, 1.82) is 0 Å². The Morgan fingerprint density at radius 2 is 2.20 bits per heavy atom. The second-order valence-corrected chi connectivity index (χ2v) is 4.47. The highest BCUT2D eigenvalue weighted by Gasteiger charge is 2.25. The normalized spacial score (nSPS) is 19.3. The van der Waals surface area contributed by atoms with Crippen LogP contribution in [-0.2, 0) is 6.42 Å². The van der Waals surface area contributed by atoms with Gasteiger partial charge in [-0.05, 0) is 36.8 Å². The monoisotopic (exact) mass is 204 g/mol. The van der Waals surface area contributed by atoms with Crippen LogP contribution in [0.4, 0.5) is 0 Å². The van der Waals surface area contributed by atoms with E-state index in [-0.39, 0.29) is 6.04 Å². The number of hydrogen-bond acceptors (Lipinski definition) is 2. The fraction of sp³-hybridized carbons (Fsp3) is 0.615. The van der Waals surface area contributed by atoms with E-state index in [2.05, 4.69) is 18.0 Å². The van der Waals surface area contributed by atoms with Gasteiger partial charge in [0.05, 0.1) is 11.7 Å². The Kier molecular flexibility index (Phi) is 3.37. The lowest BCUT2D eigenvalue weighted by atomic mass is 9.93. The second-order valence-electron chi connectivity index (χ2n) is 4.47. The van der Waals surface area contributed by atoms with Crippen molar-refractivity contribution in [2.24, 2.45) is 11.7 Å². The molecule has 1 aromatic heterocycles. The van der Waals surface area contributed by atoms with E-state index in [0.717, 1.165) is 12.1 Å². The molecule has 2 rings (SSSR count). The summed E-state index contributed by atoms with van der Waals surface area (Å²) in [6, 6.07) is 4.31. The first-order valence-corrected chi connectivity index (χ1v) is 6.02. The Labute approximate surface area is 91.9 Å². The summed E-state index contributed by atoms with van der Waals surface area (Å²) in [6.07, 6.45) is 8.13. The Morgan fingerprint density at radius 3 is 2.87 bits per heavy atom. The van der Waals surface area contributed by atoms with E-state index in [1.165, 1.54) is 31.2 Å². The average Bonchev–Trinajstić information content (AvgIpc) is 2.81. The van der Waals surface area contributed by atoms with Crippen LogP contribution < -0.4 is 5.73 Å². The van der Waals surface area contributed by atoms with Crippen molar-refractivity contribution in [3.8, 4) is 0 Å².